The molecule has 0 fully saturated rings. The van der Waals surface area contributed by atoms with Crippen molar-refractivity contribution in [1.29, 1.82) is 0 Å². The quantitative estimate of drug-likeness (QED) is 0.877. The van der Waals surface area contributed by atoms with Crippen LogP contribution in [0.1, 0.15) is 27.9 Å². The zero-order valence-corrected chi connectivity index (χ0v) is 12.5. The number of hydrogen-bond donors (Lipinski definition) is 1. The average Bonchev–Trinajstić information content (AvgIpc) is 2.83. The van der Waals surface area contributed by atoms with Crippen LogP contribution >= 0.6 is 11.3 Å². The van der Waals surface area contributed by atoms with Crippen LogP contribution in [0, 0.1) is 13.8 Å². The summed E-state index contributed by atoms with van der Waals surface area (Å²) in [5, 5.41) is 4.32. The van der Waals surface area contributed by atoms with Gasteiger partial charge in [0.05, 0.1) is 0 Å². The van der Waals surface area contributed by atoms with Gasteiger partial charge in [-0.05, 0) is 32.0 Å². The summed E-state index contributed by atoms with van der Waals surface area (Å²) in [6, 6.07) is 6.23. The molecule has 0 radical (unpaired) electrons. The normalized spacial score (nSPS) is 10.7. The molecule has 0 spiro atoms. The van der Waals surface area contributed by atoms with Crippen LogP contribution in [0.15, 0.2) is 24.4 Å². The van der Waals surface area contributed by atoms with E-state index in [2.05, 4.69) is 43.2 Å². The number of nitrogens with one attached hydrogen (secondary N) is 1. The van der Waals surface area contributed by atoms with Gasteiger partial charge in [0, 0.05) is 17.6 Å². The Kier molecular flexibility index (Phi) is 4.93. The van der Waals surface area contributed by atoms with Crippen molar-refractivity contribution in [2.24, 2.45) is 0 Å². The monoisotopic (exact) mass is 276 g/mol. The molecule has 19 heavy (non-hydrogen) atoms. The standard InChI is InChI=1S/C15H20N2OS/c1-4-16-8-13-9-17-15(19-13)10-18-14-6-5-11(2)7-12(14)3/h5-7,9,16H,4,8,10H2,1-3H3. The zero-order valence-electron chi connectivity index (χ0n) is 11.7. The summed E-state index contributed by atoms with van der Waals surface area (Å²) in [6.07, 6.45) is 1.92. The van der Waals surface area contributed by atoms with E-state index in [0.29, 0.717) is 6.61 Å². The van der Waals surface area contributed by atoms with Gasteiger partial charge >= 0.3 is 0 Å². The van der Waals surface area contributed by atoms with E-state index in [-0.39, 0.29) is 0 Å². The van der Waals surface area contributed by atoms with Crippen molar-refractivity contribution < 1.29 is 4.74 Å². The topological polar surface area (TPSA) is 34.2 Å². The van der Waals surface area contributed by atoms with Crippen LogP contribution in [0.25, 0.3) is 0 Å². The SMILES string of the molecule is CCNCc1cnc(COc2ccc(C)cc2C)s1. The Hall–Kier alpha value is -1.39. The fraction of sp³-hybridized carbons (Fsp3) is 0.400. The van der Waals surface area contributed by atoms with Gasteiger partial charge < -0.3 is 10.1 Å². The van der Waals surface area contributed by atoms with E-state index >= 15 is 0 Å². The summed E-state index contributed by atoms with van der Waals surface area (Å²) in [5.74, 6) is 0.939. The van der Waals surface area contributed by atoms with Crippen molar-refractivity contribution >= 4 is 11.3 Å². The molecule has 0 unspecified atom stereocenters. The largest absolute Gasteiger partial charge is 0.486 e. The molecule has 0 bridgehead atoms. The Morgan fingerprint density at radius 1 is 1.32 bits per heavy atom. The average molecular weight is 276 g/mol. The molecule has 0 aliphatic heterocycles. The first kappa shape index (κ1) is 14.0. The van der Waals surface area contributed by atoms with Crippen LogP contribution in [0.5, 0.6) is 5.75 Å². The highest BCUT2D eigenvalue weighted by molar-refractivity contribution is 7.11. The van der Waals surface area contributed by atoms with Crippen LogP contribution in [-0.4, -0.2) is 11.5 Å². The molecule has 1 heterocycles. The van der Waals surface area contributed by atoms with Crippen LogP contribution in [-0.2, 0) is 13.2 Å². The molecular weight excluding hydrogens is 256 g/mol. The van der Waals surface area contributed by atoms with Gasteiger partial charge in [-0.25, -0.2) is 4.98 Å². The molecule has 1 aromatic heterocycles. The number of ether oxygens (including phenoxy) is 1. The number of aromatic nitrogens is 1. The minimum absolute atomic E-state index is 0.542. The maximum Gasteiger partial charge on any atom is 0.140 e. The summed E-state index contributed by atoms with van der Waals surface area (Å²) >= 11 is 1.70. The predicted octanol–water partition coefficient (Wildman–Crippen LogP) is 3.45. The van der Waals surface area contributed by atoms with Crippen molar-refractivity contribution in [2.45, 2.75) is 33.9 Å². The van der Waals surface area contributed by atoms with E-state index < -0.39 is 0 Å². The molecule has 0 aliphatic rings. The van der Waals surface area contributed by atoms with Gasteiger partial charge in [0.1, 0.15) is 17.4 Å². The Morgan fingerprint density at radius 3 is 2.89 bits per heavy atom. The predicted molar refractivity (Wildman–Crippen MR) is 79.7 cm³/mol. The second-order valence-electron chi connectivity index (χ2n) is 4.56. The first-order valence-electron chi connectivity index (χ1n) is 6.53. The van der Waals surface area contributed by atoms with Gasteiger partial charge in [-0.2, -0.15) is 0 Å². The molecule has 3 nitrogen and oxygen atoms in total. The Balaban J connectivity index is 1.92. The lowest BCUT2D eigenvalue weighted by Gasteiger charge is -2.08. The fourth-order valence-corrected chi connectivity index (χ4v) is 2.65. The van der Waals surface area contributed by atoms with Gasteiger partial charge in [0.2, 0.25) is 0 Å². The van der Waals surface area contributed by atoms with Crippen LogP contribution in [0.2, 0.25) is 0 Å². The van der Waals surface area contributed by atoms with Crippen molar-refractivity contribution in [1.82, 2.24) is 10.3 Å². The molecule has 102 valence electrons. The molecule has 0 atom stereocenters. The summed E-state index contributed by atoms with van der Waals surface area (Å²) in [7, 11) is 0. The van der Waals surface area contributed by atoms with Gasteiger partial charge in [0.15, 0.2) is 0 Å². The number of benzene rings is 1. The fourth-order valence-electron chi connectivity index (χ4n) is 1.85. The summed E-state index contributed by atoms with van der Waals surface area (Å²) in [4.78, 5) is 5.64. The highest BCUT2D eigenvalue weighted by atomic mass is 32.1. The van der Waals surface area contributed by atoms with Gasteiger partial charge in [-0.15, -0.1) is 11.3 Å². The van der Waals surface area contributed by atoms with Crippen LogP contribution < -0.4 is 10.1 Å². The smallest absolute Gasteiger partial charge is 0.140 e. The minimum Gasteiger partial charge on any atom is -0.486 e. The molecule has 0 amide bonds. The molecule has 4 heteroatoms. The van der Waals surface area contributed by atoms with Gasteiger partial charge in [-0.3, -0.25) is 0 Å². The molecule has 0 saturated carbocycles. The number of nitrogens with zero attached hydrogens (tertiary/aromatic N) is 1. The number of hydrogen-bond acceptors (Lipinski definition) is 4. The van der Waals surface area contributed by atoms with Crippen LogP contribution in [0.4, 0.5) is 0 Å². The summed E-state index contributed by atoms with van der Waals surface area (Å²) in [6.45, 7) is 8.67. The maximum atomic E-state index is 5.82. The molecule has 0 saturated heterocycles. The molecule has 2 aromatic rings. The maximum absolute atomic E-state index is 5.82. The van der Waals surface area contributed by atoms with Crippen molar-refractivity contribution in [3.05, 3.63) is 45.4 Å². The number of rotatable bonds is 6. The van der Waals surface area contributed by atoms with E-state index in [9.17, 15) is 0 Å². The van der Waals surface area contributed by atoms with Crippen molar-refractivity contribution in [3.8, 4) is 5.75 Å². The molecule has 1 N–H and O–H groups in total. The lowest BCUT2D eigenvalue weighted by atomic mass is 10.1. The summed E-state index contributed by atoms with van der Waals surface area (Å²) < 4.78 is 5.82. The summed E-state index contributed by atoms with van der Waals surface area (Å²) in [5.41, 5.74) is 2.43. The third-order valence-corrected chi connectivity index (χ3v) is 3.80. The van der Waals surface area contributed by atoms with E-state index in [0.717, 1.165) is 23.8 Å². The lowest BCUT2D eigenvalue weighted by Crippen LogP contribution is -2.10. The molecule has 0 aliphatic carbocycles. The van der Waals surface area contributed by atoms with Crippen LogP contribution in [0.3, 0.4) is 0 Å². The highest BCUT2D eigenvalue weighted by Gasteiger charge is 2.04. The van der Waals surface area contributed by atoms with E-state index in [1.165, 1.54) is 16.0 Å². The van der Waals surface area contributed by atoms with Crippen molar-refractivity contribution in [3.63, 3.8) is 0 Å². The van der Waals surface area contributed by atoms with Gasteiger partial charge in [-0.1, -0.05) is 24.6 Å². The third kappa shape index (κ3) is 4.04. The second-order valence-corrected chi connectivity index (χ2v) is 5.76. The highest BCUT2D eigenvalue weighted by Crippen LogP contribution is 2.21. The number of aryl methyl sites for hydroxylation is 2. The lowest BCUT2D eigenvalue weighted by molar-refractivity contribution is 0.303. The first-order chi connectivity index (χ1) is 9.19. The Labute approximate surface area is 118 Å². The Morgan fingerprint density at radius 2 is 2.16 bits per heavy atom. The Bertz CT molecular complexity index is 537. The van der Waals surface area contributed by atoms with Gasteiger partial charge in [0.25, 0.3) is 0 Å². The molecule has 2 rings (SSSR count). The zero-order chi connectivity index (χ0) is 13.7. The van der Waals surface area contributed by atoms with Crippen molar-refractivity contribution in [2.75, 3.05) is 6.54 Å². The second kappa shape index (κ2) is 6.68. The van der Waals surface area contributed by atoms with E-state index in [4.69, 9.17) is 4.74 Å². The first-order valence-corrected chi connectivity index (χ1v) is 7.35. The van der Waals surface area contributed by atoms with E-state index in [1.807, 2.05) is 12.3 Å². The molecule has 1 aromatic carbocycles. The number of thiazole rings is 1. The minimum atomic E-state index is 0.542. The van der Waals surface area contributed by atoms with E-state index in [1.54, 1.807) is 11.3 Å². The third-order valence-electron chi connectivity index (χ3n) is 2.83. The molecular formula is C15H20N2OS.